The molecule has 0 aromatic carbocycles. The van der Waals surface area contributed by atoms with E-state index in [2.05, 4.69) is 4.74 Å². The third-order valence-electron chi connectivity index (χ3n) is 2.51. The van der Waals surface area contributed by atoms with Gasteiger partial charge in [0.05, 0.1) is 25.2 Å². The van der Waals surface area contributed by atoms with Crippen molar-refractivity contribution >= 4 is 5.97 Å². The first kappa shape index (κ1) is 11.4. The predicted molar refractivity (Wildman–Crippen MR) is 44.2 cm³/mol. The summed E-state index contributed by atoms with van der Waals surface area (Å²) >= 11 is 0. The van der Waals surface area contributed by atoms with Gasteiger partial charge in [0.15, 0.2) is 0 Å². The minimum Gasteiger partial charge on any atom is -0.469 e. The van der Waals surface area contributed by atoms with Crippen molar-refractivity contribution < 1.29 is 30.0 Å². The van der Waals surface area contributed by atoms with Gasteiger partial charge in [-0.15, -0.1) is 0 Å². The average Bonchev–Trinajstić information content (AvgIpc) is 2.19. The number of methoxy groups -OCH3 is 1. The number of aliphatic hydroxyl groups excluding tert-OH is 4. The first-order chi connectivity index (χ1) is 6.49. The summed E-state index contributed by atoms with van der Waals surface area (Å²) < 4.78 is 4.39. The Labute approximate surface area is 80.7 Å². The van der Waals surface area contributed by atoms with Gasteiger partial charge in [-0.1, -0.05) is 0 Å². The van der Waals surface area contributed by atoms with Crippen LogP contribution in [0.5, 0.6) is 0 Å². The molecular formula is C8H14O6. The van der Waals surface area contributed by atoms with E-state index in [0.29, 0.717) is 0 Å². The fraction of sp³-hybridized carbons (Fsp3) is 0.875. The van der Waals surface area contributed by atoms with Crippen molar-refractivity contribution in [3.05, 3.63) is 0 Å². The van der Waals surface area contributed by atoms with Crippen molar-refractivity contribution in [1.82, 2.24) is 0 Å². The largest absolute Gasteiger partial charge is 0.469 e. The second kappa shape index (κ2) is 4.22. The Morgan fingerprint density at radius 1 is 1.14 bits per heavy atom. The molecule has 0 radical (unpaired) electrons. The van der Waals surface area contributed by atoms with Crippen LogP contribution in [0.25, 0.3) is 0 Å². The SMILES string of the molecule is COC(=O)[C@@H]1C[C@H](O)[C@H](O)[C@H](O)[C@@H]1O. The highest BCUT2D eigenvalue weighted by Gasteiger charge is 2.45. The molecule has 1 rings (SSSR count). The number of hydrogen-bond donors (Lipinski definition) is 4. The zero-order valence-corrected chi connectivity index (χ0v) is 7.70. The zero-order valence-electron chi connectivity index (χ0n) is 7.70. The number of rotatable bonds is 1. The number of esters is 1. The third kappa shape index (κ3) is 1.88. The standard InChI is InChI=1S/C8H14O6/c1-14-8(13)3-2-4(9)6(11)7(12)5(3)10/h3-7,9-12H,2H2,1H3/t3-,4+,5-,6+,7-/m1/s1. The van der Waals surface area contributed by atoms with Gasteiger partial charge in [0, 0.05) is 0 Å². The van der Waals surface area contributed by atoms with Crippen molar-refractivity contribution in [1.29, 1.82) is 0 Å². The van der Waals surface area contributed by atoms with Crippen LogP contribution in [0, 0.1) is 5.92 Å². The molecule has 0 aromatic rings. The Kier molecular flexibility index (Phi) is 3.43. The van der Waals surface area contributed by atoms with E-state index in [9.17, 15) is 25.2 Å². The van der Waals surface area contributed by atoms with Gasteiger partial charge in [-0.2, -0.15) is 0 Å². The molecule has 0 heterocycles. The number of carbonyl (C=O) groups excluding carboxylic acids is 1. The second-order valence-electron chi connectivity index (χ2n) is 3.40. The summed E-state index contributed by atoms with van der Waals surface area (Å²) in [6.45, 7) is 0. The Bertz CT molecular complexity index is 218. The van der Waals surface area contributed by atoms with Gasteiger partial charge in [-0.05, 0) is 6.42 Å². The highest BCUT2D eigenvalue weighted by Crippen LogP contribution is 2.26. The average molecular weight is 206 g/mol. The van der Waals surface area contributed by atoms with Crippen LogP contribution < -0.4 is 0 Å². The van der Waals surface area contributed by atoms with Crippen LogP contribution in [-0.4, -0.2) is 57.9 Å². The molecule has 0 bridgehead atoms. The molecule has 0 aliphatic heterocycles. The quantitative estimate of drug-likeness (QED) is 0.357. The van der Waals surface area contributed by atoms with E-state index in [4.69, 9.17) is 0 Å². The minimum absolute atomic E-state index is 0.119. The number of hydrogen-bond acceptors (Lipinski definition) is 6. The van der Waals surface area contributed by atoms with Crippen molar-refractivity contribution in [2.24, 2.45) is 5.92 Å². The lowest BCUT2D eigenvalue weighted by atomic mass is 9.81. The van der Waals surface area contributed by atoms with Crippen molar-refractivity contribution in [3.63, 3.8) is 0 Å². The van der Waals surface area contributed by atoms with Gasteiger partial charge in [0.25, 0.3) is 0 Å². The lowest BCUT2D eigenvalue weighted by Gasteiger charge is -2.36. The normalized spacial score (nSPS) is 43.4. The van der Waals surface area contributed by atoms with Crippen LogP contribution in [0.1, 0.15) is 6.42 Å². The molecule has 0 spiro atoms. The maximum absolute atomic E-state index is 11.1. The molecular weight excluding hydrogens is 192 g/mol. The lowest BCUT2D eigenvalue weighted by molar-refractivity contribution is -0.180. The molecule has 4 N–H and O–H groups in total. The van der Waals surface area contributed by atoms with E-state index < -0.39 is 36.3 Å². The lowest BCUT2D eigenvalue weighted by Crippen LogP contribution is -2.55. The maximum atomic E-state index is 11.1. The summed E-state index contributed by atoms with van der Waals surface area (Å²) in [5.74, 6) is -1.70. The van der Waals surface area contributed by atoms with Gasteiger partial charge in [-0.25, -0.2) is 0 Å². The summed E-state index contributed by atoms with van der Waals surface area (Å²) in [7, 11) is 1.15. The van der Waals surface area contributed by atoms with E-state index in [0.717, 1.165) is 7.11 Å². The predicted octanol–water partition coefficient (Wildman–Crippen LogP) is -2.38. The van der Waals surface area contributed by atoms with E-state index in [1.54, 1.807) is 0 Å². The van der Waals surface area contributed by atoms with Crippen molar-refractivity contribution in [2.45, 2.75) is 30.8 Å². The summed E-state index contributed by atoms with van der Waals surface area (Å²) in [4.78, 5) is 11.1. The summed E-state index contributed by atoms with van der Waals surface area (Å²) in [5.41, 5.74) is 0. The molecule has 1 aliphatic carbocycles. The second-order valence-corrected chi connectivity index (χ2v) is 3.40. The van der Waals surface area contributed by atoms with Crippen LogP contribution in [0.2, 0.25) is 0 Å². The number of ether oxygens (including phenoxy) is 1. The maximum Gasteiger partial charge on any atom is 0.311 e. The van der Waals surface area contributed by atoms with Crippen LogP contribution in [-0.2, 0) is 9.53 Å². The number of carbonyl (C=O) groups is 1. The van der Waals surface area contributed by atoms with Crippen molar-refractivity contribution in [3.8, 4) is 0 Å². The van der Waals surface area contributed by atoms with E-state index in [1.807, 2.05) is 0 Å². The molecule has 0 amide bonds. The monoisotopic (exact) mass is 206 g/mol. The Hall–Kier alpha value is -0.690. The molecule has 5 atom stereocenters. The summed E-state index contributed by atoms with van der Waals surface area (Å²) in [5, 5.41) is 37.1. The molecule has 14 heavy (non-hydrogen) atoms. The van der Waals surface area contributed by atoms with E-state index in [-0.39, 0.29) is 6.42 Å². The first-order valence-electron chi connectivity index (χ1n) is 4.29. The van der Waals surface area contributed by atoms with Crippen LogP contribution >= 0.6 is 0 Å². The molecule has 82 valence electrons. The molecule has 1 fully saturated rings. The van der Waals surface area contributed by atoms with E-state index in [1.165, 1.54) is 0 Å². The Balaban J connectivity index is 2.75. The fourth-order valence-electron chi connectivity index (χ4n) is 1.59. The Morgan fingerprint density at radius 3 is 2.21 bits per heavy atom. The van der Waals surface area contributed by atoms with Gasteiger partial charge in [-0.3, -0.25) is 4.79 Å². The molecule has 6 nitrogen and oxygen atoms in total. The van der Waals surface area contributed by atoms with Crippen molar-refractivity contribution in [2.75, 3.05) is 7.11 Å². The smallest absolute Gasteiger partial charge is 0.311 e. The van der Waals surface area contributed by atoms with Gasteiger partial charge >= 0.3 is 5.97 Å². The first-order valence-corrected chi connectivity index (χ1v) is 4.29. The van der Waals surface area contributed by atoms with Crippen LogP contribution in [0.4, 0.5) is 0 Å². The third-order valence-corrected chi connectivity index (χ3v) is 2.51. The van der Waals surface area contributed by atoms with Gasteiger partial charge in [0.2, 0.25) is 0 Å². The summed E-state index contributed by atoms with van der Waals surface area (Å²) in [6.07, 6.45) is -5.70. The molecule has 1 aliphatic rings. The highest BCUT2D eigenvalue weighted by atomic mass is 16.5. The van der Waals surface area contributed by atoms with Crippen LogP contribution in [0.15, 0.2) is 0 Å². The van der Waals surface area contributed by atoms with Gasteiger partial charge < -0.3 is 25.2 Å². The molecule has 0 saturated heterocycles. The van der Waals surface area contributed by atoms with Crippen LogP contribution in [0.3, 0.4) is 0 Å². The van der Waals surface area contributed by atoms with E-state index >= 15 is 0 Å². The molecule has 0 unspecified atom stereocenters. The molecule has 0 aromatic heterocycles. The highest BCUT2D eigenvalue weighted by molar-refractivity contribution is 5.73. The topological polar surface area (TPSA) is 107 Å². The zero-order chi connectivity index (χ0) is 10.9. The molecule has 6 heteroatoms. The fourth-order valence-corrected chi connectivity index (χ4v) is 1.59. The molecule has 1 saturated carbocycles. The Morgan fingerprint density at radius 2 is 1.71 bits per heavy atom. The minimum atomic E-state index is -1.53. The van der Waals surface area contributed by atoms with Gasteiger partial charge in [0.1, 0.15) is 12.2 Å². The number of aliphatic hydroxyl groups is 4. The summed E-state index contributed by atoms with van der Waals surface area (Å²) in [6, 6.07) is 0.